The largest absolute Gasteiger partial charge is 0.494 e. The van der Waals surface area contributed by atoms with Crippen molar-refractivity contribution in [2.45, 2.75) is 44.6 Å². The van der Waals surface area contributed by atoms with Crippen LogP contribution in [0.2, 0.25) is 0 Å². The van der Waals surface area contributed by atoms with Gasteiger partial charge in [-0.3, -0.25) is 0 Å². The molecule has 0 bridgehead atoms. The van der Waals surface area contributed by atoms with Crippen LogP contribution in [0.1, 0.15) is 37.7 Å². The Morgan fingerprint density at radius 3 is 2.43 bits per heavy atom. The zero-order valence-corrected chi connectivity index (χ0v) is 20.0. The highest BCUT2D eigenvalue weighted by atomic mass is 19.1. The van der Waals surface area contributed by atoms with Gasteiger partial charge in [-0.2, -0.15) is 15.0 Å². The van der Waals surface area contributed by atoms with Crippen LogP contribution in [0.15, 0.2) is 42.5 Å². The number of fused-ring (bicyclic) bond motifs is 1. The van der Waals surface area contributed by atoms with Crippen molar-refractivity contribution in [3.05, 3.63) is 53.8 Å². The number of hydrogen-bond donors (Lipinski definition) is 4. The van der Waals surface area contributed by atoms with Gasteiger partial charge in [-0.15, -0.1) is 0 Å². The molecule has 5 rings (SSSR count). The first-order valence-electron chi connectivity index (χ1n) is 12.3. The third-order valence-corrected chi connectivity index (χ3v) is 6.67. The summed E-state index contributed by atoms with van der Waals surface area (Å²) in [4.78, 5) is 13.7. The van der Waals surface area contributed by atoms with E-state index in [0.29, 0.717) is 36.0 Å². The Morgan fingerprint density at radius 2 is 1.69 bits per heavy atom. The first-order chi connectivity index (χ1) is 17.2. The van der Waals surface area contributed by atoms with Gasteiger partial charge >= 0.3 is 0 Å². The van der Waals surface area contributed by atoms with Gasteiger partial charge in [0, 0.05) is 36.6 Å². The SMILES string of the molecule is COc1ccc(Nc2nc(NCC3CCCCC3)nc(NCC3Cc4ccccc4N3)n2)cc1F. The number of nitrogens with zero attached hydrogens (tertiary/aromatic N) is 3. The normalized spacial score (nSPS) is 17.4. The standard InChI is InChI=1S/C26H32FN7O/c1-35-23-12-11-19(14-21(23)27)31-26-33-24(28-15-17-7-3-2-4-8-17)32-25(34-26)29-16-20-13-18-9-5-6-10-22(18)30-20/h5-6,9-12,14,17,20,30H,2-4,7-8,13,15-16H2,1H3,(H3,28,29,31,32,33,34). The highest BCUT2D eigenvalue weighted by molar-refractivity contribution is 5.58. The Balaban J connectivity index is 1.29. The van der Waals surface area contributed by atoms with E-state index in [4.69, 9.17) is 4.74 Å². The fourth-order valence-corrected chi connectivity index (χ4v) is 4.80. The molecule has 4 N–H and O–H groups in total. The average Bonchev–Trinajstić information content (AvgIpc) is 3.30. The maximum atomic E-state index is 14.2. The number of anilines is 5. The Bertz CT molecular complexity index is 1130. The van der Waals surface area contributed by atoms with E-state index in [2.05, 4.69) is 54.4 Å². The van der Waals surface area contributed by atoms with Crippen LogP contribution in [-0.2, 0) is 6.42 Å². The molecule has 1 aliphatic carbocycles. The molecule has 1 unspecified atom stereocenters. The summed E-state index contributed by atoms with van der Waals surface area (Å²) < 4.78 is 19.2. The minimum atomic E-state index is -0.451. The summed E-state index contributed by atoms with van der Waals surface area (Å²) in [6.45, 7) is 1.50. The van der Waals surface area contributed by atoms with Crippen molar-refractivity contribution in [2.24, 2.45) is 5.92 Å². The highest BCUT2D eigenvalue weighted by Crippen LogP contribution is 2.27. The molecule has 35 heavy (non-hydrogen) atoms. The van der Waals surface area contributed by atoms with Crippen LogP contribution < -0.4 is 26.0 Å². The van der Waals surface area contributed by atoms with Crippen LogP contribution in [0.25, 0.3) is 0 Å². The highest BCUT2D eigenvalue weighted by Gasteiger charge is 2.20. The maximum Gasteiger partial charge on any atom is 0.233 e. The lowest BCUT2D eigenvalue weighted by Crippen LogP contribution is -2.27. The molecule has 1 atom stereocenters. The average molecular weight is 478 g/mol. The second-order valence-electron chi connectivity index (χ2n) is 9.25. The van der Waals surface area contributed by atoms with Gasteiger partial charge in [-0.05, 0) is 48.9 Å². The summed E-state index contributed by atoms with van der Waals surface area (Å²) in [6.07, 6.45) is 7.28. The molecule has 3 aromatic rings. The molecule has 2 aromatic carbocycles. The molecule has 1 saturated carbocycles. The Labute approximate surface area is 205 Å². The maximum absolute atomic E-state index is 14.2. The lowest BCUT2D eigenvalue weighted by Gasteiger charge is -2.22. The number of halogens is 1. The molecule has 2 aliphatic rings. The zero-order chi connectivity index (χ0) is 24.0. The first-order valence-corrected chi connectivity index (χ1v) is 12.3. The fraction of sp³-hybridized carbons (Fsp3) is 0.423. The predicted octanol–water partition coefficient (Wildman–Crippen LogP) is 5.20. The Hall–Kier alpha value is -3.62. The molecule has 1 aromatic heterocycles. The van der Waals surface area contributed by atoms with Gasteiger partial charge in [0.25, 0.3) is 0 Å². The lowest BCUT2D eigenvalue weighted by atomic mass is 9.89. The van der Waals surface area contributed by atoms with Gasteiger partial charge in [0.15, 0.2) is 11.6 Å². The van der Waals surface area contributed by atoms with Crippen molar-refractivity contribution in [3.63, 3.8) is 0 Å². The molecule has 0 radical (unpaired) electrons. The lowest BCUT2D eigenvalue weighted by molar-refractivity contribution is 0.373. The minimum absolute atomic E-state index is 0.188. The first kappa shape index (κ1) is 23.1. The van der Waals surface area contributed by atoms with Crippen LogP contribution in [-0.4, -0.2) is 41.2 Å². The molecule has 8 nitrogen and oxygen atoms in total. The Kier molecular flexibility index (Phi) is 7.11. The van der Waals surface area contributed by atoms with E-state index < -0.39 is 5.82 Å². The number of ether oxygens (including phenoxy) is 1. The number of rotatable bonds is 9. The van der Waals surface area contributed by atoms with E-state index in [1.54, 1.807) is 12.1 Å². The summed E-state index contributed by atoms with van der Waals surface area (Å²) >= 11 is 0. The summed E-state index contributed by atoms with van der Waals surface area (Å²) in [5.74, 6) is 1.69. The van der Waals surface area contributed by atoms with Crippen molar-refractivity contribution in [1.82, 2.24) is 15.0 Å². The third-order valence-electron chi connectivity index (χ3n) is 6.67. The van der Waals surface area contributed by atoms with Gasteiger partial charge in [-0.25, -0.2) is 4.39 Å². The zero-order valence-electron chi connectivity index (χ0n) is 20.0. The van der Waals surface area contributed by atoms with E-state index in [1.165, 1.54) is 56.5 Å². The second-order valence-corrected chi connectivity index (χ2v) is 9.25. The molecule has 2 heterocycles. The molecule has 0 saturated heterocycles. The van der Waals surface area contributed by atoms with E-state index in [9.17, 15) is 4.39 Å². The smallest absolute Gasteiger partial charge is 0.233 e. The molecule has 1 aliphatic heterocycles. The molecule has 9 heteroatoms. The third kappa shape index (κ3) is 5.90. The van der Waals surface area contributed by atoms with Crippen LogP contribution in [0, 0.1) is 11.7 Å². The molecule has 1 fully saturated rings. The summed E-state index contributed by atoms with van der Waals surface area (Å²) in [6, 6.07) is 13.3. The van der Waals surface area contributed by atoms with Crippen molar-refractivity contribution < 1.29 is 9.13 Å². The van der Waals surface area contributed by atoms with E-state index >= 15 is 0 Å². The molecule has 0 amide bonds. The van der Waals surface area contributed by atoms with Crippen LogP contribution in [0.5, 0.6) is 5.75 Å². The van der Waals surface area contributed by atoms with Gasteiger partial charge in [-0.1, -0.05) is 37.5 Å². The van der Waals surface area contributed by atoms with E-state index in [-0.39, 0.29) is 11.8 Å². The van der Waals surface area contributed by atoms with Gasteiger partial charge < -0.3 is 26.0 Å². The summed E-state index contributed by atoms with van der Waals surface area (Å²) in [5.41, 5.74) is 3.02. The molecular weight excluding hydrogens is 445 g/mol. The topological polar surface area (TPSA) is 96.0 Å². The number of hydrogen-bond acceptors (Lipinski definition) is 8. The van der Waals surface area contributed by atoms with E-state index in [1.807, 2.05) is 6.07 Å². The molecule has 0 spiro atoms. The van der Waals surface area contributed by atoms with Gasteiger partial charge in [0.1, 0.15) is 0 Å². The molecular formula is C26H32FN7O. The van der Waals surface area contributed by atoms with Crippen LogP contribution in [0.3, 0.4) is 0 Å². The summed E-state index contributed by atoms with van der Waals surface area (Å²) in [5, 5.41) is 13.4. The summed E-state index contributed by atoms with van der Waals surface area (Å²) in [7, 11) is 1.44. The quantitative estimate of drug-likeness (QED) is 0.334. The van der Waals surface area contributed by atoms with Crippen LogP contribution >= 0.6 is 0 Å². The predicted molar refractivity (Wildman–Crippen MR) is 137 cm³/mol. The van der Waals surface area contributed by atoms with Crippen molar-refractivity contribution in [3.8, 4) is 5.75 Å². The van der Waals surface area contributed by atoms with Crippen molar-refractivity contribution in [2.75, 3.05) is 41.5 Å². The van der Waals surface area contributed by atoms with Gasteiger partial charge in [0.2, 0.25) is 17.8 Å². The van der Waals surface area contributed by atoms with E-state index in [0.717, 1.165) is 13.0 Å². The number of aromatic nitrogens is 3. The van der Waals surface area contributed by atoms with Crippen molar-refractivity contribution in [1.29, 1.82) is 0 Å². The Morgan fingerprint density at radius 1 is 0.943 bits per heavy atom. The minimum Gasteiger partial charge on any atom is -0.494 e. The van der Waals surface area contributed by atoms with Crippen LogP contribution in [0.4, 0.5) is 33.6 Å². The number of nitrogens with one attached hydrogen (secondary N) is 4. The monoisotopic (exact) mass is 477 g/mol. The number of benzene rings is 2. The van der Waals surface area contributed by atoms with Gasteiger partial charge in [0.05, 0.1) is 7.11 Å². The van der Waals surface area contributed by atoms with Crippen molar-refractivity contribution >= 4 is 29.2 Å². The number of para-hydroxylation sites is 1. The second kappa shape index (κ2) is 10.8. The molecule has 184 valence electrons. The fourth-order valence-electron chi connectivity index (χ4n) is 4.80. The number of methoxy groups -OCH3 is 1.